The van der Waals surface area contributed by atoms with Crippen LogP contribution in [-0.2, 0) is 7.05 Å². The quantitative estimate of drug-likeness (QED) is 0.742. The molecule has 0 atom stereocenters. The first kappa shape index (κ1) is 13.5. The molecule has 102 valence electrons. The average Bonchev–Trinajstić information content (AvgIpc) is 3.01. The Bertz CT molecular complexity index is 743. The summed E-state index contributed by atoms with van der Waals surface area (Å²) in [6.45, 7) is 0. The van der Waals surface area contributed by atoms with E-state index in [0.717, 1.165) is 22.4 Å². The lowest BCUT2D eigenvalue weighted by Gasteiger charge is -2.08. The van der Waals surface area contributed by atoms with Crippen molar-refractivity contribution in [1.29, 1.82) is 0 Å². The van der Waals surface area contributed by atoms with E-state index >= 15 is 0 Å². The Morgan fingerprint density at radius 2 is 1.85 bits per heavy atom. The molecule has 6 heteroatoms. The first-order valence-electron chi connectivity index (χ1n) is 5.89. The van der Waals surface area contributed by atoms with Crippen LogP contribution in [0.15, 0.2) is 35.0 Å². The van der Waals surface area contributed by atoms with E-state index in [1.54, 1.807) is 35.2 Å². The maximum absolute atomic E-state index is 6.30. The van der Waals surface area contributed by atoms with Crippen molar-refractivity contribution in [3.05, 3.63) is 45.1 Å². The third-order valence-corrected chi connectivity index (χ3v) is 4.41. The number of hydrogen-bond acceptors (Lipinski definition) is 3. The molecule has 2 heterocycles. The van der Waals surface area contributed by atoms with E-state index in [4.69, 9.17) is 28.9 Å². The second-order valence-corrected chi connectivity index (χ2v) is 5.94. The predicted octanol–water partition coefficient (Wildman–Crippen LogP) is 4.70. The molecule has 0 unspecified atom stereocenters. The van der Waals surface area contributed by atoms with E-state index < -0.39 is 0 Å². The van der Waals surface area contributed by atoms with Gasteiger partial charge in [0.25, 0.3) is 0 Å². The SMILES string of the molecule is Cn1nc(-c2ccsc2)c(-c2c(Cl)cccc2Cl)c1N. The van der Waals surface area contributed by atoms with Gasteiger partial charge in [-0.05, 0) is 23.6 Å². The Kier molecular flexibility index (Phi) is 3.46. The van der Waals surface area contributed by atoms with Crippen molar-refractivity contribution in [2.24, 2.45) is 7.05 Å². The zero-order chi connectivity index (χ0) is 14.3. The van der Waals surface area contributed by atoms with Gasteiger partial charge in [-0.3, -0.25) is 4.68 Å². The highest BCUT2D eigenvalue weighted by Crippen LogP contribution is 2.43. The van der Waals surface area contributed by atoms with E-state index in [-0.39, 0.29) is 0 Å². The summed E-state index contributed by atoms with van der Waals surface area (Å²) < 4.78 is 1.64. The molecule has 0 aliphatic carbocycles. The van der Waals surface area contributed by atoms with Crippen molar-refractivity contribution in [2.45, 2.75) is 0 Å². The summed E-state index contributed by atoms with van der Waals surface area (Å²) >= 11 is 14.2. The fourth-order valence-electron chi connectivity index (χ4n) is 2.12. The van der Waals surface area contributed by atoms with E-state index in [9.17, 15) is 0 Å². The molecule has 0 radical (unpaired) electrons. The van der Waals surface area contributed by atoms with Gasteiger partial charge in [-0.1, -0.05) is 29.3 Å². The first-order valence-corrected chi connectivity index (χ1v) is 7.59. The van der Waals surface area contributed by atoms with Crippen molar-refractivity contribution in [3.8, 4) is 22.4 Å². The lowest BCUT2D eigenvalue weighted by atomic mass is 10.0. The van der Waals surface area contributed by atoms with Gasteiger partial charge in [-0.25, -0.2) is 0 Å². The molecule has 0 saturated carbocycles. The van der Waals surface area contributed by atoms with Crippen LogP contribution >= 0.6 is 34.5 Å². The van der Waals surface area contributed by atoms with Gasteiger partial charge in [0.05, 0.1) is 15.6 Å². The topological polar surface area (TPSA) is 43.8 Å². The zero-order valence-electron chi connectivity index (χ0n) is 10.6. The van der Waals surface area contributed by atoms with Crippen LogP contribution in [-0.4, -0.2) is 9.78 Å². The average molecular weight is 324 g/mol. The van der Waals surface area contributed by atoms with Gasteiger partial charge in [0, 0.05) is 23.6 Å². The number of aryl methyl sites for hydroxylation is 1. The normalized spacial score (nSPS) is 10.9. The van der Waals surface area contributed by atoms with Crippen molar-refractivity contribution in [1.82, 2.24) is 9.78 Å². The molecular weight excluding hydrogens is 313 g/mol. The second kappa shape index (κ2) is 5.13. The minimum absolute atomic E-state index is 0.543. The molecule has 0 spiro atoms. The Morgan fingerprint density at radius 1 is 1.15 bits per heavy atom. The van der Waals surface area contributed by atoms with Crippen LogP contribution in [0.5, 0.6) is 0 Å². The highest BCUT2D eigenvalue weighted by Gasteiger charge is 2.21. The summed E-state index contributed by atoms with van der Waals surface area (Å²) in [6.07, 6.45) is 0. The molecular formula is C14H11Cl2N3S. The Balaban J connectivity index is 2.34. The van der Waals surface area contributed by atoms with Crippen LogP contribution in [0.2, 0.25) is 10.0 Å². The second-order valence-electron chi connectivity index (χ2n) is 4.34. The van der Waals surface area contributed by atoms with Gasteiger partial charge in [0.2, 0.25) is 0 Å². The fraction of sp³-hybridized carbons (Fsp3) is 0.0714. The number of aromatic nitrogens is 2. The number of benzene rings is 1. The maximum Gasteiger partial charge on any atom is 0.130 e. The number of halogens is 2. The van der Waals surface area contributed by atoms with Crippen LogP contribution in [0.3, 0.4) is 0 Å². The van der Waals surface area contributed by atoms with E-state index in [2.05, 4.69) is 5.10 Å². The van der Waals surface area contributed by atoms with Gasteiger partial charge in [0.15, 0.2) is 0 Å². The lowest BCUT2D eigenvalue weighted by Crippen LogP contribution is -1.98. The number of nitrogens with two attached hydrogens (primary N) is 1. The third kappa shape index (κ3) is 2.10. The number of rotatable bonds is 2. The van der Waals surface area contributed by atoms with Crippen molar-refractivity contribution in [3.63, 3.8) is 0 Å². The molecule has 3 nitrogen and oxygen atoms in total. The molecule has 0 bridgehead atoms. The van der Waals surface area contributed by atoms with Crippen molar-refractivity contribution < 1.29 is 0 Å². The van der Waals surface area contributed by atoms with Crippen molar-refractivity contribution in [2.75, 3.05) is 5.73 Å². The smallest absolute Gasteiger partial charge is 0.130 e. The number of thiophene rings is 1. The largest absolute Gasteiger partial charge is 0.383 e. The molecule has 0 fully saturated rings. The predicted molar refractivity (Wildman–Crippen MR) is 86.4 cm³/mol. The molecule has 1 aromatic carbocycles. The minimum atomic E-state index is 0.543. The highest BCUT2D eigenvalue weighted by atomic mass is 35.5. The van der Waals surface area contributed by atoms with Gasteiger partial charge < -0.3 is 5.73 Å². The fourth-order valence-corrected chi connectivity index (χ4v) is 3.35. The molecule has 0 amide bonds. The van der Waals surface area contributed by atoms with Gasteiger partial charge in [-0.15, -0.1) is 0 Å². The molecule has 0 saturated heterocycles. The van der Waals surface area contributed by atoms with Gasteiger partial charge in [-0.2, -0.15) is 16.4 Å². The van der Waals surface area contributed by atoms with Crippen LogP contribution in [0, 0.1) is 0 Å². The van der Waals surface area contributed by atoms with E-state index in [1.807, 2.05) is 22.9 Å². The number of anilines is 1. The summed E-state index contributed by atoms with van der Waals surface area (Å²) in [7, 11) is 1.81. The summed E-state index contributed by atoms with van der Waals surface area (Å²) in [6, 6.07) is 7.41. The Morgan fingerprint density at radius 3 is 2.45 bits per heavy atom. The van der Waals surface area contributed by atoms with Gasteiger partial charge >= 0.3 is 0 Å². The van der Waals surface area contributed by atoms with Crippen LogP contribution in [0.25, 0.3) is 22.4 Å². The summed E-state index contributed by atoms with van der Waals surface area (Å²) in [5.41, 5.74) is 9.47. The highest BCUT2D eigenvalue weighted by molar-refractivity contribution is 7.08. The van der Waals surface area contributed by atoms with Crippen LogP contribution in [0.4, 0.5) is 5.82 Å². The minimum Gasteiger partial charge on any atom is -0.383 e. The van der Waals surface area contributed by atoms with Crippen LogP contribution < -0.4 is 5.73 Å². The Hall–Kier alpha value is -1.49. The zero-order valence-corrected chi connectivity index (χ0v) is 12.9. The summed E-state index contributed by atoms with van der Waals surface area (Å²) in [5.74, 6) is 0.543. The lowest BCUT2D eigenvalue weighted by molar-refractivity contribution is 0.782. The Labute approximate surface area is 130 Å². The maximum atomic E-state index is 6.30. The van der Waals surface area contributed by atoms with Gasteiger partial charge in [0.1, 0.15) is 11.5 Å². The molecule has 3 aromatic rings. The number of hydrogen-bond donors (Lipinski definition) is 1. The van der Waals surface area contributed by atoms with Crippen LogP contribution in [0.1, 0.15) is 0 Å². The molecule has 20 heavy (non-hydrogen) atoms. The molecule has 0 aliphatic heterocycles. The monoisotopic (exact) mass is 323 g/mol. The first-order chi connectivity index (χ1) is 9.59. The molecule has 2 aromatic heterocycles. The summed E-state index contributed by atoms with van der Waals surface area (Å²) in [4.78, 5) is 0. The van der Waals surface area contributed by atoms with Crippen molar-refractivity contribution >= 4 is 40.4 Å². The standard InChI is InChI=1S/C14H11Cl2N3S/c1-19-14(17)12(11-9(15)3-2-4-10(11)16)13(18-19)8-5-6-20-7-8/h2-7H,17H2,1H3. The third-order valence-electron chi connectivity index (χ3n) is 3.10. The molecule has 3 rings (SSSR count). The summed E-state index contributed by atoms with van der Waals surface area (Å²) in [5, 5.41) is 9.64. The van der Waals surface area contributed by atoms with E-state index in [1.165, 1.54) is 0 Å². The molecule has 2 N–H and O–H groups in total. The van der Waals surface area contributed by atoms with E-state index in [0.29, 0.717) is 15.9 Å². The molecule has 0 aliphatic rings. The number of nitrogens with zero attached hydrogens (tertiary/aromatic N) is 2. The number of nitrogen functional groups attached to an aromatic ring is 1.